The number of carbonyl (C=O) groups excluding carboxylic acids is 2. The number of piperidine rings is 2. The Morgan fingerprint density at radius 3 is 2.34 bits per heavy atom. The van der Waals surface area contributed by atoms with E-state index in [-0.39, 0.29) is 24.0 Å². The molecule has 20 nitrogen and oxygen atoms in total. The maximum Gasteiger partial charge on any atom is 0.259 e. The zero-order valence-electron chi connectivity index (χ0n) is 42.5. The minimum atomic E-state index is -0.325. The van der Waals surface area contributed by atoms with Crippen LogP contribution in [0.3, 0.4) is 0 Å². The number of ether oxygens (including phenoxy) is 2. The molecule has 0 spiro atoms. The van der Waals surface area contributed by atoms with Gasteiger partial charge in [-0.25, -0.2) is 4.98 Å². The highest BCUT2D eigenvalue weighted by molar-refractivity contribution is 6.16. The summed E-state index contributed by atoms with van der Waals surface area (Å²) >= 11 is 0. The molecule has 1 saturated carbocycles. The van der Waals surface area contributed by atoms with Crippen molar-refractivity contribution >= 4 is 73.1 Å². The van der Waals surface area contributed by atoms with Crippen LogP contribution in [0.1, 0.15) is 76.2 Å². The van der Waals surface area contributed by atoms with Gasteiger partial charge in [-0.1, -0.05) is 0 Å². The van der Waals surface area contributed by atoms with Crippen LogP contribution in [0.2, 0.25) is 0 Å². The predicted molar refractivity (Wildman–Crippen MR) is 282 cm³/mol. The number of imidazole rings is 1. The number of hydrogen-bond acceptors (Lipinski definition) is 14. The third-order valence-electron chi connectivity index (χ3n) is 14.7. The number of hydrogen-bond donors (Lipinski definition) is 4. The largest absolute Gasteiger partial charge is 0.494 e. The lowest BCUT2D eigenvalue weighted by atomic mass is 9.99. The Morgan fingerprint density at radius 1 is 0.795 bits per heavy atom. The summed E-state index contributed by atoms with van der Waals surface area (Å²) in [6.45, 7) is 7.84. The Bertz CT molecular complexity index is 3410. The summed E-state index contributed by atoms with van der Waals surface area (Å²) < 4.78 is 19.8. The first kappa shape index (κ1) is 46.9. The van der Waals surface area contributed by atoms with Gasteiger partial charge in [-0.15, -0.1) is 0 Å². The van der Waals surface area contributed by atoms with Crippen LogP contribution in [0.25, 0.3) is 38.4 Å². The van der Waals surface area contributed by atoms with Crippen LogP contribution >= 0.6 is 0 Å². The highest BCUT2D eigenvalue weighted by Gasteiger charge is 2.32. The number of methoxy groups -OCH3 is 1. The molecule has 20 heteroatoms. The summed E-state index contributed by atoms with van der Waals surface area (Å²) in [6, 6.07) is 10.8. The minimum Gasteiger partial charge on any atom is -0.494 e. The van der Waals surface area contributed by atoms with Crippen LogP contribution in [-0.2, 0) is 31.9 Å². The molecule has 1 unspecified atom stereocenters. The maximum absolute atomic E-state index is 14.8. The molecule has 4 aliphatic rings. The summed E-state index contributed by atoms with van der Waals surface area (Å²) in [5.41, 5.74) is 8.60. The fourth-order valence-corrected chi connectivity index (χ4v) is 11.1. The monoisotopic (exact) mass is 989 g/mol. The average Bonchev–Trinajstić information content (AvgIpc) is 3.59. The molecule has 3 saturated heterocycles. The van der Waals surface area contributed by atoms with E-state index in [9.17, 15) is 9.59 Å². The van der Waals surface area contributed by atoms with E-state index >= 15 is 0 Å². The quantitative estimate of drug-likeness (QED) is 0.101. The second-order valence-corrected chi connectivity index (χ2v) is 20.8. The summed E-state index contributed by atoms with van der Waals surface area (Å²) in [6.07, 6.45) is 16.5. The van der Waals surface area contributed by atoms with Gasteiger partial charge in [0.2, 0.25) is 0 Å². The molecule has 8 heterocycles. The normalized spacial score (nSPS) is 17.9. The highest BCUT2D eigenvalue weighted by atomic mass is 16.5. The molecule has 12 rings (SSSR count). The molecule has 73 heavy (non-hydrogen) atoms. The van der Waals surface area contributed by atoms with Gasteiger partial charge in [0.15, 0.2) is 11.5 Å². The number of nitrogens with zero attached hydrogens (tertiary/aromatic N) is 12. The highest BCUT2D eigenvalue weighted by Crippen LogP contribution is 2.39. The number of fused-ring (bicyclic) bond motifs is 4. The molecule has 8 aromatic rings. The van der Waals surface area contributed by atoms with Gasteiger partial charge in [0, 0.05) is 125 Å². The summed E-state index contributed by atoms with van der Waals surface area (Å²) in [5.74, 6) is 0.288. The van der Waals surface area contributed by atoms with Crippen LogP contribution in [0.4, 0.5) is 22.9 Å². The number of aryl methyl sites for hydroxylation is 3. The van der Waals surface area contributed by atoms with E-state index in [0.29, 0.717) is 76.8 Å². The van der Waals surface area contributed by atoms with E-state index < -0.39 is 0 Å². The first-order valence-corrected chi connectivity index (χ1v) is 25.6. The van der Waals surface area contributed by atoms with Crippen molar-refractivity contribution in [1.29, 1.82) is 0 Å². The van der Waals surface area contributed by atoms with Crippen LogP contribution in [0.5, 0.6) is 5.75 Å². The molecule has 4 N–H and O–H groups in total. The Kier molecular flexibility index (Phi) is 12.2. The maximum atomic E-state index is 14.8. The number of aromatic nitrogens is 9. The Balaban J connectivity index is 0.944. The molecule has 1 atom stereocenters. The van der Waals surface area contributed by atoms with Crippen molar-refractivity contribution in [1.82, 2.24) is 59.2 Å². The molecule has 1 aliphatic carbocycles. The molecule has 2 amide bonds. The van der Waals surface area contributed by atoms with E-state index in [2.05, 4.69) is 53.3 Å². The zero-order chi connectivity index (χ0) is 50.1. The van der Waals surface area contributed by atoms with E-state index in [0.717, 1.165) is 108 Å². The van der Waals surface area contributed by atoms with Crippen molar-refractivity contribution in [2.45, 2.75) is 82.8 Å². The van der Waals surface area contributed by atoms with Gasteiger partial charge in [-0.2, -0.15) is 15.3 Å². The van der Waals surface area contributed by atoms with Crippen LogP contribution < -0.4 is 35.8 Å². The van der Waals surface area contributed by atoms with Gasteiger partial charge in [0.25, 0.3) is 11.8 Å². The number of benzene rings is 3. The average molecular weight is 989 g/mol. The third-order valence-corrected chi connectivity index (χ3v) is 14.7. The zero-order valence-corrected chi connectivity index (χ0v) is 42.5. The van der Waals surface area contributed by atoms with Crippen LogP contribution in [-0.4, -0.2) is 145 Å². The van der Waals surface area contributed by atoms with Crippen molar-refractivity contribution in [2.75, 3.05) is 80.9 Å². The van der Waals surface area contributed by atoms with Crippen LogP contribution in [0, 0.1) is 6.92 Å². The first-order chi connectivity index (χ1) is 35.4. The topological polar surface area (TPSA) is 194 Å². The number of anilines is 4. The van der Waals surface area contributed by atoms with Crippen molar-refractivity contribution in [3.63, 3.8) is 0 Å². The van der Waals surface area contributed by atoms with E-state index in [1.807, 2.05) is 93.2 Å². The van der Waals surface area contributed by atoms with Gasteiger partial charge in [-0.05, 0) is 89.4 Å². The Labute approximate surface area is 423 Å². The second-order valence-electron chi connectivity index (χ2n) is 20.8. The van der Waals surface area contributed by atoms with Crippen LogP contribution in [0.15, 0.2) is 61.3 Å². The second kappa shape index (κ2) is 19.0. The number of amides is 2. The summed E-state index contributed by atoms with van der Waals surface area (Å²) in [7, 11) is 9.34. The fraction of sp³-hybridized carbons (Fsp3) is 0.453. The molecule has 3 aliphatic heterocycles. The van der Waals surface area contributed by atoms with Crippen molar-refractivity contribution in [3.05, 3.63) is 89.4 Å². The van der Waals surface area contributed by atoms with Gasteiger partial charge in [0.05, 0.1) is 71.5 Å². The van der Waals surface area contributed by atoms with E-state index in [1.54, 1.807) is 16.5 Å². The number of carbonyl (C=O) groups is 2. The van der Waals surface area contributed by atoms with Crippen molar-refractivity contribution < 1.29 is 19.1 Å². The van der Waals surface area contributed by atoms with E-state index in [4.69, 9.17) is 29.6 Å². The molecule has 0 bridgehead atoms. The lowest BCUT2D eigenvalue weighted by molar-refractivity contribution is -0.0418. The molecule has 3 aromatic carbocycles. The van der Waals surface area contributed by atoms with Crippen molar-refractivity contribution in [2.24, 2.45) is 14.1 Å². The number of rotatable bonds is 15. The number of nitrogens with one attached hydrogen (secondary N) is 4. The fourth-order valence-electron chi connectivity index (χ4n) is 11.1. The third kappa shape index (κ3) is 9.43. The minimum absolute atomic E-state index is 0.0468. The van der Waals surface area contributed by atoms with Gasteiger partial charge in [-0.3, -0.25) is 28.6 Å². The molecule has 0 radical (unpaired) electrons. The molecule has 4 fully saturated rings. The smallest absolute Gasteiger partial charge is 0.259 e. The Morgan fingerprint density at radius 2 is 1.58 bits per heavy atom. The predicted octanol–water partition coefficient (Wildman–Crippen LogP) is 5.46. The Hall–Kier alpha value is -7.13. The molecule has 5 aromatic heterocycles. The van der Waals surface area contributed by atoms with E-state index in [1.165, 1.54) is 12.8 Å². The lowest BCUT2D eigenvalue weighted by Gasteiger charge is -2.39. The lowest BCUT2D eigenvalue weighted by Crippen LogP contribution is -2.52. The van der Waals surface area contributed by atoms with Gasteiger partial charge < -0.3 is 49.8 Å². The summed E-state index contributed by atoms with van der Waals surface area (Å²) in [5, 5.41) is 30.9. The first-order valence-electron chi connectivity index (χ1n) is 25.6. The van der Waals surface area contributed by atoms with Gasteiger partial charge >= 0.3 is 0 Å². The molecule has 380 valence electrons. The van der Waals surface area contributed by atoms with Crippen molar-refractivity contribution in [3.8, 4) is 5.75 Å². The summed E-state index contributed by atoms with van der Waals surface area (Å²) in [4.78, 5) is 46.0. The SMILES string of the molecule is COc1cc2nn(C)cc2cc1NC(=O)c1cc(Cn2cc3c(N4CCC(NC5CC5)CC4)ccc(C(=O)Nc4cn5cc(C)nc(CN(C)C)c5n4)c3n2)c(N2CCCC(OC3CNC3)C2)c2cn(C)nc12. The van der Waals surface area contributed by atoms with Gasteiger partial charge in [0.1, 0.15) is 16.8 Å². The standard InChI is InChI=1S/C53H64N16O4/c1-31-23-68-30-47(58-51(68)44(55-31)29-63(2)3)59-52(70)38-11-12-45(66-16-13-35(14-17-66)56-34-9-10-34)40-28-69(62-48(38)40)25-33-18-39(53(71)57-43-19-32-24-64(4)60-42(32)20-46(43)72-6)49-41(27-65(5)61-49)50(33)67-15-7-8-36(26-67)73-37-21-54-22-37/h11-12,18-20,23-24,27-28,30,34-37,54,56H,7-10,13-17,21-22,25-26,29H2,1-6H3,(H,57,71)(H,59,70). The molecular formula is C53H64N16O4. The molecular weight excluding hydrogens is 925 g/mol.